The molecule has 2 unspecified atom stereocenters. The molecule has 0 saturated carbocycles. The summed E-state index contributed by atoms with van der Waals surface area (Å²) in [6.45, 7) is 9.47. The molecule has 0 rings (SSSR count). The molecule has 528 valence electrons. The zero-order chi connectivity index (χ0) is 65.7. The lowest BCUT2D eigenvalue weighted by atomic mass is 10.0. The van der Waals surface area contributed by atoms with E-state index < -0.39 is 97.5 Å². The molecule has 0 aliphatic carbocycles. The first-order chi connectivity index (χ1) is 42.9. The topological polar surface area (TPSA) is 237 Å². The first kappa shape index (κ1) is 87.1. The minimum atomic E-state index is -4.95. The lowest BCUT2D eigenvalue weighted by Crippen LogP contribution is -2.30. The number of hydrogen-bond acceptors (Lipinski definition) is 15. The first-order valence-corrected chi connectivity index (χ1v) is 39.5. The second kappa shape index (κ2) is 62.2. The number of rotatable bonds is 69. The highest BCUT2D eigenvalue weighted by atomic mass is 31.2. The predicted molar refractivity (Wildman–Crippen MR) is 358 cm³/mol. The van der Waals surface area contributed by atoms with Crippen molar-refractivity contribution >= 4 is 39.5 Å². The Morgan fingerprint density at radius 2 is 0.517 bits per heavy atom. The Labute approximate surface area is 543 Å². The van der Waals surface area contributed by atoms with Crippen molar-refractivity contribution in [3.05, 3.63) is 0 Å². The molecule has 0 spiro atoms. The molecule has 0 aliphatic heterocycles. The average molecular weight is 1310 g/mol. The Kier molecular flexibility index (Phi) is 60.8. The van der Waals surface area contributed by atoms with Crippen molar-refractivity contribution in [2.45, 2.75) is 374 Å². The predicted octanol–water partition coefficient (Wildman–Crippen LogP) is 20.0. The molecule has 0 aromatic rings. The molecule has 0 amide bonds. The zero-order valence-corrected chi connectivity index (χ0v) is 59.5. The highest BCUT2D eigenvalue weighted by molar-refractivity contribution is 7.47. The number of carbonyl (C=O) groups excluding carboxylic acids is 4. The fraction of sp³-hybridized carbons (Fsp3) is 0.943. The summed E-state index contributed by atoms with van der Waals surface area (Å²) in [6.07, 6.45) is 47.4. The Bertz CT molecular complexity index is 1730. The molecule has 0 aliphatic rings. The molecule has 0 bridgehead atoms. The maximum atomic E-state index is 13.0. The van der Waals surface area contributed by atoms with Crippen LogP contribution in [-0.2, 0) is 65.4 Å². The monoisotopic (exact) mass is 1310 g/mol. The summed E-state index contributed by atoms with van der Waals surface area (Å²) in [5.74, 6) is -0.640. The minimum absolute atomic E-state index is 0.104. The number of phosphoric acid groups is 2. The van der Waals surface area contributed by atoms with Gasteiger partial charge in [0.15, 0.2) is 12.2 Å². The maximum absolute atomic E-state index is 13.0. The van der Waals surface area contributed by atoms with Crippen LogP contribution in [0.3, 0.4) is 0 Å². The highest BCUT2D eigenvalue weighted by Crippen LogP contribution is 2.45. The van der Waals surface area contributed by atoms with Crippen molar-refractivity contribution in [1.29, 1.82) is 0 Å². The van der Waals surface area contributed by atoms with Gasteiger partial charge in [-0.1, -0.05) is 305 Å². The van der Waals surface area contributed by atoms with E-state index in [1.807, 2.05) is 0 Å². The van der Waals surface area contributed by atoms with Gasteiger partial charge in [-0.05, 0) is 37.5 Å². The van der Waals surface area contributed by atoms with Gasteiger partial charge in [-0.3, -0.25) is 37.3 Å². The lowest BCUT2D eigenvalue weighted by Gasteiger charge is -2.21. The fourth-order valence-electron chi connectivity index (χ4n) is 10.6. The number of aliphatic hydroxyl groups excluding tert-OH is 1. The third-order valence-electron chi connectivity index (χ3n) is 16.2. The summed E-state index contributed by atoms with van der Waals surface area (Å²) in [5.41, 5.74) is 0. The van der Waals surface area contributed by atoms with E-state index in [4.69, 9.17) is 37.0 Å². The molecule has 0 aromatic carbocycles. The average Bonchev–Trinajstić information content (AvgIpc) is 3.71. The van der Waals surface area contributed by atoms with Crippen LogP contribution in [0.5, 0.6) is 0 Å². The van der Waals surface area contributed by atoms with E-state index in [0.717, 1.165) is 115 Å². The Hall–Kier alpha value is -1.94. The summed E-state index contributed by atoms with van der Waals surface area (Å²) in [7, 11) is -9.89. The van der Waals surface area contributed by atoms with E-state index in [-0.39, 0.29) is 25.7 Å². The molecular formula is C70H136O17P2. The fourth-order valence-corrected chi connectivity index (χ4v) is 12.2. The summed E-state index contributed by atoms with van der Waals surface area (Å²) in [4.78, 5) is 72.4. The van der Waals surface area contributed by atoms with Gasteiger partial charge in [-0.2, -0.15) is 0 Å². The van der Waals surface area contributed by atoms with Gasteiger partial charge in [0, 0.05) is 25.7 Å². The Morgan fingerprint density at radius 1 is 0.303 bits per heavy atom. The Morgan fingerprint density at radius 3 is 0.764 bits per heavy atom. The van der Waals surface area contributed by atoms with Crippen molar-refractivity contribution in [2.24, 2.45) is 11.8 Å². The first-order valence-electron chi connectivity index (χ1n) is 36.5. The Balaban J connectivity index is 5.20. The van der Waals surface area contributed by atoms with Crippen LogP contribution in [0.4, 0.5) is 0 Å². The van der Waals surface area contributed by atoms with E-state index in [9.17, 15) is 43.2 Å². The van der Waals surface area contributed by atoms with E-state index in [0.29, 0.717) is 25.7 Å². The van der Waals surface area contributed by atoms with Gasteiger partial charge < -0.3 is 33.8 Å². The van der Waals surface area contributed by atoms with Crippen LogP contribution in [0.1, 0.15) is 356 Å². The smallest absolute Gasteiger partial charge is 0.462 e. The SMILES string of the molecule is CCCCCCCCCCCCCCCCCCCC(=O)O[C@H](COC(=O)CCCCCCCCCCCCCC(C)C)COP(=O)(O)OC[C@@H](O)COP(=O)(O)OC[C@@H](COC(=O)CCCCCCCCC)OC(=O)CCCCCCCCCCC(C)C. The summed E-state index contributed by atoms with van der Waals surface area (Å²) in [5, 5.41) is 10.6. The largest absolute Gasteiger partial charge is 0.472 e. The number of aliphatic hydroxyl groups is 1. The van der Waals surface area contributed by atoms with Crippen LogP contribution in [-0.4, -0.2) is 96.7 Å². The quantitative estimate of drug-likeness (QED) is 0.0222. The van der Waals surface area contributed by atoms with Crippen LogP contribution in [0.15, 0.2) is 0 Å². The second-order valence-corrected chi connectivity index (χ2v) is 29.1. The number of phosphoric ester groups is 2. The maximum Gasteiger partial charge on any atom is 0.472 e. The van der Waals surface area contributed by atoms with Gasteiger partial charge in [-0.25, -0.2) is 9.13 Å². The van der Waals surface area contributed by atoms with Gasteiger partial charge in [0.05, 0.1) is 26.4 Å². The molecule has 0 fully saturated rings. The van der Waals surface area contributed by atoms with Gasteiger partial charge in [-0.15, -0.1) is 0 Å². The van der Waals surface area contributed by atoms with Gasteiger partial charge >= 0.3 is 39.5 Å². The number of unbranched alkanes of at least 4 members (excludes halogenated alkanes) is 39. The molecule has 5 atom stereocenters. The molecule has 0 saturated heterocycles. The number of ether oxygens (including phenoxy) is 4. The molecule has 89 heavy (non-hydrogen) atoms. The van der Waals surface area contributed by atoms with Crippen molar-refractivity contribution in [3.63, 3.8) is 0 Å². The van der Waals surface area contributed by atoms with Gasteiger partial charge in [0.1, 0.15) is 19.3 Å². The second-order valence-electron chi connectivity index (χ2n) is 26.2. The third kappa shape index (κ3) is 64.6. The van der Waals surface area contributed by atoms with Gasteiger partial charge in [0.25, 0.3) is 0 Å². The summed E-state index contributed by atoms with van der Waals surface area (Å²) >= 11 is 0. The number of esters is 4. The van der Waals surface area contributed by atoms with E-state index >= 15 is 0 Å². The third-order valence-corrected chi connectivity index (χ3v) is 18.1. The van der Waals surface area contributed by atoms with Crippen LogP contribution in [0, 0.1) is 11.8 Å². The van der Waals surface area contributed by atoms with Crippen LogP contribution in [0.25, 0.3) is 0 Å². The van der Waals surface area contributed by atoms with Crippen molar-refractivity contribution in [2.75, 3.05) is 39.6 Å². The molecule has 17 nitrogen and oxygen atoms in total. The standard InChI is InChI=1S/C70H136O17P2/c1-7-9-11-13-15-16-17-18-19-20-21-22-25-29-36-42-48-54-69(74)86-66(59-81-68(73)53-47-41-35-28-26-23-24-27-33-38-44-50-62(3)4)61-85-89(78,79)83-57-64(71)56-82-88(76,77)84-60-65(58-80-67(72)52-46-40-32-14-12-10-8-2)87-70(75)55-49-43-37-31-30-34-39-45-51-63(5)6/h62-66,71H,7-61H2,1-6H3,(H,76,77)(H,78,79)/t64-,65+,66+/m0/s1. The van der Waals surface area contributed by atoms with E-state index in [1.165, 1.54) is 161 Å². The molecule has 0 heterocycles. The van der Waals surface area contributed by atoms with Crippen LogP contribution < -0.4 is 0 Å². The van der Waals surface area contributed by atoms with Crippen LogP contribution >= 0.6 is 15.6 Å². The lowest BCUT2D eigenvalue weighted by molar-refractivity contribution is -0.161. The molecular weight excluding hydrogens is 1170 g/mol. The molecule has 19 heteroatoms. The normalized spacial score (nSPS) is 14.1. The van der Waals surface area contributed by atoms with Crippen molar-refractivity contribution < 1.29 is 80.2 Å². The van der Waals surface area contributed by atoms with Crippen LogP contribution in [0.2, 0.25) is 0 Å². The van der Waals surface area contributed by atoms with Crippen molar-refractivity contribution in [3.8, 4) is 0 Å². The minimum Gasteiger partial charge on any atom is -0.462 e. The molecule has 0 aromatic heterocycles. The molecule has 0 radical (unpaired) electrons. The van der Waals surface area contributed by atoms with Gasteiger partial charge in [0.2, 0.25) is 0 Å². The highest BCUT2D eigenvalue weighted by Gasteiger charge is 2.30. The van der Waals surface area contributed by atoms with E-state index in [2.05, 4.69) is 41.5 Å². The zero-order valence-electron chi connectivity index (χ0n) is 57.7. The van der Waals surface area contributed by atoms with E-state index in [1.54, 1.807) is 0 Å². The summed E-state index contributed by atoms with van der Waals surface area (Å²) in [6, 6.07) is 0. The van der Waals surface area contributed by atoms with Crippen molar-refractivity contribution in [1.82, 2.24) is 0 Å². The summed E-state index contributed by atoms with van der Waals surface area (Å²) < 4.78 is 68.2. The molecule has 3 N–H and O–H groups in total. The number of carbonyl (C=O) groups is 4. The number of hydrogen-bond donors (Lipinski definition) is 3.